The van der Waals surface area contributed by atoms with Crippen molar-refractivity contribution in [1.29, 1.82) is 0 Å². The largest absolute Gasteiger partial charge is 0.376 e. The number of thioether (sulfide) groups is 1. The van der Waals surface area contributed by atoms with Gasteiger partial charge in [-0.25, -0.2) is 0 Å². The molecule has 1 N–H and O–H groups in total. The molecule has 1 unspecified atom stereocenters. The van der Waals surface area contributed by atoms with E-state index in [4.69, 9.17) is 9.84 Å². The predicted molar refractivity (Wildman–Crippen MR) is 124 cm³/mol. The number of rotatable bonds is 7. The summed E-state index contributed by atoms with van der Waals surface area (Å²) < 4.78 is 7.23. The summed E-state index contributed by atoms with van der Waals surface area (Å²) in [6, 6.07) is 22.4. The van der Waals surface area contributed by atoms with E-state index in [-0.39, 0.29) is 17.8 Å². The molecule has 1 atom stereocenters. The first kappa shape index (κ1) is 20.7. The SMILES string of the molecule is O=C(CSc1nnc2ccc(-c3ccc(-c4ccccc4)cc3)nn12)NCC1CCCO1. The summed E-state index contributed by atoms with van der Waals surface area (Å²) in [5.74, 6) is 0.209. The summed E-state index contributed by atoms with van der Waals surface area (Å²) in [5.41, 5.74) is 4.81. The van der Waals surface area contributed by atoms with E-state index >= 15 is 0 Å². The number of carbonyl (C=O) groups excluding carboxylic acids is 1. The third-order valence-corrected chi connectivity index (χ3v) is 6.32. The fraction of sp³-hybridized carbons (Fsp3) is 0.250. The van der Waals surface area contributed by atoms with Gasteiger partial charge in [0.2, 0.25) is 11.1 Å². The molecular weight excluding hydrogens is 422 g/mol. The maximum atomic E-state index is 12.2. The first-order chi connectivity index (χ1) is 15.8. The summed E-state index contributed by atoms with van der Waals surface area (Å²) in [6.07, 6.45) is 2.20. The van der Waals surface area contributed by atoms with E-state index in [1.54, 1.807) is 4.52 Å². The Morgan fingerprint density at radius 3 is 2.56 bits per heavy atom. The van der Waals surface area contributed by atoms with Crippen molar-refractivity contribution in [2.75, 3.05) is 18.9 Å². The van der Waals surface area contributed by atoms with Crippen LogP contribution in [-0.4, -0.2) is 50.7 Å². The molecule has 0 aliphatic carbocycles. The molecule has 3 heterocycles. The van der Waals surface area contributed by atoms with E-state index in [0.717, 1.165) is 36.3 Å². The topological polar surface area (TPSA) is 81.4 Å². The van der Waals surface area contributed by atoms with Gasteiger partial charge in [-0.05, 0) is 36.1 Å². The minimum Gasteiger partial charge on any atom is -0.376 e. The molecule has 0 saturated carbocycles. The number of amides is 1. The third kappa shape index (κ3) is 4.66. The van der Waals surface area contributed by atoms with E-state index in [9.17, 15) is 4.79 Å². The summed E-state index contributed by atoms with van der Waals surface area (Å²) in [6.45, 7) is 1.34. The van der Waals surface area contributed by atoms with Gasteiger partial charge in [0.15, 0.2) is 5.65 Å². The van der Waals surface area contributed by atoms with Gasteiger partial charge in [-0.1, -0.05) is 66.4 Å². The van der Waals surface area contributed by atoms with Crippen molar-refractivity contribution < 1.29 is 9.53 Å². The minimum absolute atomic E-state index is 0.0464. The highest BCUT2D eigenvalue weighted by molar-refractivity contribution is 7.99. The van der Waals surface area contributed by atoms with Gasteiger partial charge in [0, 0.05) is 18.7 Å². The lowest BCUT2D eigenvalue weighted by molar-refractivity contribution is -0.119. The van der Waals surface area contributed by atoms with Crippen LogP contribution in [0.2, 0.25) is 0 Å². The Balaban J connectivity index is 1.27. The zero-order chi connectivity index (χ0) is 21.8. The molecule has 2 aromatic carbocycles. The number of aromatic nitrogens is 4. The zero-order valence-corrected chi connectivity index (χ0v) is 18.3. The van der Waals surface area contributed by atoms with Crippen molar-refractivity contribution in [2.24, 2.45) is 0 Å². The average molecular weight is 446 g/mol. The smallest absolute Gasteiger partial charge is 0.230 e. The van der Waals surface area contributed by atoms with Gasteiger partial charge in [0.1, 0.15) is 0 Å². The first-order valence-electron chi connectivity index (χ1n) is 10.7. The van der Waals surface area contributed by atoms with Crippen LogP contribution in [0, 0.1) is 0 Å². The third-order valence-electron chi connectivity index (χ3n) is 5.41. The van der Waals surface area contributed by atoms with Gasteiger partial charge in [0.05, 0.1) is 17.6 Å². The molecule has 4 aromatic rings. The molecule has 5 rings (SSSR count). The lowest BCUT2D eigenvalue weighted by Gasteiger charge is -2.10. The van der Waals surface area contributed by atoms with Crippen LogP contribution in [0.25, 0.3) is 28.0 Å². The molecule has 1 aliphatic heterocycles. The number of carbonyl (C=O) groups is 1. The number of fused-ring (bicyclic) bond motifs is 1. The monoisotopic (exact) mass is 445 g/mol. The molecule has 1 amide bonds. The van der Waals surface area contributed by atoms with Crippen molar-refractivity contribution in [3.05, 3.63) is 66.7 Å². The van der Waals surface area contributed by atoms with E-state index in [1.165, 1.54) is 17.3 Å². The molecule has 8 heteroatoms. The summed E-state index contributed by atoms with van der Waals surface area (Å²) in [5, 5.41) is 16.6. The molecule has 162 valence electrons. The normalized spacial score (nSPS) is 15.8. The van der Waals surface area contributed by atoms with E-state index in [0.29, 0.717) is 17.3 Å². The fourth-order valence-electron chi connectivity index (χ4n) is 3.69. The van der Waals surface area contributed by atoms with Crippen LogP contribution in [0.15, 0.2) is 71.9 Å². The van der Waals surface area contributed by atoms with Crippen LogP contribution < -0.4 is 5.32 Å². The number of hydrogen-bond acceptors (Lipinski definition) is 6. The Labute approximate surface area is 190 Å². The Bertz CT molecular complexity index is 1200. The predicted octanol–water partition coefficient (Wildman–Crippen LogP) is 3.85. The molecular formula is C24H23N5O2S. The van der Waals surface area contributed by atoms with Crippen molar-refractivity contribution >= 4 is 23.3 Å². The van der Waals surface area contributed by atoms with Gasteiger partial charge in [-0.3, -0.25) is 4.79 Å². The van der Waals surface area contributed by atoms with Crippen molar-refractivity contribution in [3.63, 3.8) is 0 Å². The molecule has 1 aliphatic rings. The van der Waals surface area contributed by atoms with Crippen LogP contribution in [-0.2, 0) is 9.53 Å². The van der Waals surface area contributed by atoms with Gasteiger partial charge < -0.3 is 10.1 Å². The standard InChI is InChI=1S/C24H23N5O2S/c30-23(25-15-20-7-4-14-31-20)16-32-24-27-26-22-13-12-21(28-29(22)24)19-10-8-18(9-11-19)17-5-2-1-3-6-17/h1-3,5-6,8-13,20H,4,7,14-16H2,(H,25,30). The van der Waals surface area contributed by atoms with Crippen LogP contribution in [0.1, 0.15) is 12.8 Å². The molecule has 7 nitrogen and oxygen atoms in total. The Hall–Kier alpha value is -3.23. The lowest BCUT2D eigenvalue weighted by Crippen LogP contribution is -2.32. The summed E-state index contributed by atoms with van der Waals surface area (Å²) in [7, 11) is 0. The molecule has 32 heavy (non-hydrogen) atoms. The van der Waals surface area contributed by atoms with Crippen LogP contribution >= 0.6 is 11.8 Å². The van der Waals surface area contributed by atoms with Gasteiger partial charge in [0.25, 0.3) is 0 Å². The van der Waals surface area contributed by atoms with E-state index in [1.807, 2.05) is 30.3 Å². The number of benzene rings is 2. The maximum absolute atomic E-state index is 12.2. The Morgan fingerprint density at radius 1 is 1.00 bits per heavy atom. The lowest BCUT2D eigenvalue weighted by atomic mass is 10.0. The van der Waals surface area contributed by atoms with E-state index in [2.05, 4.69) is 51.9 Å². The van der Waals surface area contributed by atoms with Crippen LogP contribution in [0.4, 0.5) is 0 Å². The highest BCUT2D eigenvalue weighted by Gasteiger charge is 2.17. The first-order valence-corrected chi connectivity index (χ1v) is 11.6. The Morgan fingerprint density at radius 2 is 1.78 bits per heavy atom. The highest BCUT2D eigenvalue weighted by atomic mass is 32.2. The molecule has 0 radical (unpaired) electrons. The molecule has 1 fully saturated rings. The van der Waals surface area contributed by atoms with Crippen LogP contribution in [0.3, 0.4) is 0 Å². The summed E-state index contributed by atoms with van der Waals surface area (Å²) >= 11 is 1.32. The molecule has 0 bridgehead atoms. The van der Waals surface area contributed by atoms with Gasteiger partial charge in [-0.2, -0.15) is 9.61 Å². The molecule has 1 saturated heterocycles. The minimum atomic E-state index is -0.0464. The van der Waals surface area contributed by atoms with Gasteiger partial charge >= 0.3 is 0 Å². The van der Waals surface area contributed by atoms with Crippen LogP contribution in [0.5, 0.6) is 0 Å². The second-order valence-electron chi connectivity index (χ2n) is 7.64. The maximum Gasteiger partial charge on any atom is 0.230 e. The number of hydrogen-bond donors (Lipinski definition) is 1. The number of nitrogens with one attached hydrogen (secondary N) is 1. The number of nitrogens with zero attached hydrogens (tertiary/aromatic N) is 4. The second-order valence-corrected chi connectivity index (χ2v) is 8.58. The number of ether oxygens (including phenoxy) is 1. The zero-order valence-electron chi connectivity index (χ0n) is 17.5. The molecule has 2 aromatic heterocycles. The quantitative estimate of drug-likeness (QED) is 0.435. The fourth-order valence-corrected chi connectivity index (χ4v) is 4.41. The Kier molecular flexibility index (Phi) is 6.13. The second kappa shape index (κ2) is 9.50. The highest BCUT2D eigenvalue weighted by Crippen LogP contribution is 2.25. The van der Waals surface area contributed by atoms with E-state index < -0.39 is 0 Å². The average Bonchev–Trinajstić information content (AvgIpc) is 3.52. The van der Waals surface area contributed by atoms with Crippen molar-refractivity contribution in [1.82, 2.24) is 25.1 Å². The van der Waals surface area contributed by atoms with Crippen molar-refractivity contribution in [2.45, 2.75) is 24.1 Å². The molecule has 0 spiro atoms. The summed E-state index contributed by atoms with van der Waals surface area (Å²) in [4.78, 5) is 12.2. The van der Waals surface area contributed by atoms with Gasteiger partial charge in [-0.15, -0.1) is 10.2 Å². The van der Waals surface area contributed by atoms with Crippen molar-refractivity contribution in [3.8, 4) is 22.4 Å².